The van der Waals surface area contributed by atoms with Gasteiger partial charge in [-0.2, -0.15) is 0 Å². The van der Waals surface area contributed by atoms with E-state index in [0.29, 0.717) is 19.7 Å². The Labute approximate surface area is 169 Å². The number of amides is 1. The van der Waals surface area contributed by atoms with Crippen LogP contribution in [0.3, 0.4) is 0 Å². The molecule has 150 valence electrons. The summed E-state index contributed by atoms with van der Waals surface area (Å²) in [6.07, 6.45) is 0. The van der Waals surface area contributed by atoms with Gasteiger partial charge >= 0.3 is 5.97 Å². The Hall–Kier alpha value is -3.38. The molecule has 0 saturated carbocycles. The van der Waals surface area contributed by atoms with Gasteiger partial charge in [-0.1, -0.05) is 54.6 Å². The average molecular weight is 393 g/mol. The third-order valence-electron chi connectivity index (χ3n) is 4.54. The summed E-state index contributed by atoms with van der Waals surface area (Å²) in [5.74, 6) is -1.26. The van der Waals surface area contributed by atoms with Gasteiger partial charge < -0.3 is 19.5 Å². The number of carbonyl (C=O) groups is 2. The molecule has 0 radical (unpaired) electrons. The minimum Gasteiger partial charge on any atom is -0.507 e. The van der Waals surface area contributed by atoms with Crippen molar-refractivity contribution >= 4 is 22.6 Å². The number of hydrogen-bond donors (Lipinski definition) is 1. The molecule has 0 fully saturated rings. The van der Waals surface area contributed by atoms with E-state index < -0.39 is 12.6 Å². The summed E-state index contributed by atoms with van der Waals surface area (Å²) < 4.78 is 10.3. The normalized spacial score (nSPS) is 10.7. The van der Waals surface area contributed by atoms with Crippen LogP contribution in [0.1, 0.15) is 15.9 Å². The number of hydrogen-bond acceptors (Lipinski definition) is 5. The Morgan fingerprint density at radius 3 is 2.31 bits per heavy atom. The van der Waals surface area contributed by atoms with Crippen molar-refractivity contribution in [2.24, 2.45) is 0 Å². The minimum absolute atomic E-state index is 0.0306. The lowest BCUT2D eigenvalue weighted by atomic mass is 10.1. The summed E-state index contributed by atoms with van der Waals surface area (Å²) >= 11 is 0. The molecule has 1 amide bonds. The van der Waals surface area contributed by atoms with Gasteiger partial charge in [0.15, 0.2) is 6.61 Å². The highest BCUT2D eigenvalue weighted by Gasteiger charge is 2.19. The number of fused-ring (bicyclic) bond motifs is 1. The highest BCUT2D eigenvalue weighted by Crippen LogP contribution is 2.25. The van der Waals surface area contributed by atoms with E-state index in [1.165, 1.54) is 6.07 Å². The van der Waals surface area contributed by atoms with Crippen molar-refractivity contribution in [2.75, 3.05) is 26.9 Å². The van der Waals surface area contributed by atoms with Crippen LogP contribution in [0.5, 0.6) is 5.75 Å². The van der Waals surface area contributed by atoms with E-state index in [9.17, 15) is 14.7 Å². The van der Waals surface area contributed by atoms with Gasteiger partial charge in [0.1, 0.15) is 11.3 Å². The molecular weight excluding hydrogens is 370 g/mol. The van der Waals surface area contributed by atoms with Crippen molar-refractivity contribution in [2.45, 2.75) is 6.54 Å². The molecule has 1 N–H and O–H groups in total. The Morgan fingerprint density at radius 2 is 1.62 bits per heavy atom. The van der Waals surface area contributed by atoms with E-state index >= 15 is 0 Å². The highest BCUT2D eigenvalue weighted by molar-refractivity contribution is 5.99. The van der Waals surface area contributed by atoms with Gasteiger partial charge in [-0.3, -0.25) is 4.79 Å². The predicted octanol–water partition coefficient (Wildman–Crippen LogP) is 3.38. The van der Waals surface area contributed by atoms with Crippen molar-refractivity contribution in [1.82, 2.24) is 4.90 Å². The third kappa shape index (κ3) is 5.33. The number of nitrogens with zero attached hydrogens (tertiary/aromatic N) is 1. The molecule has 0 heterocycles. The van der Waals surface area contributed by atoms with Gasteiger partial charge in [0, 0.05) is 20.2 Å². The minimum atomic E-state index is -0.743. The number of phenolic OH excluding ortho intramolecular Hbond substituents is 1. The molecule has 3 aromatic rings. The fourth-order valence-corrected chi connectivity index (χ4v) is 2.99. The second kappa shape index (κ2) is 9.71. The summed E-state index contributed by atoms with van der Waals surface area (Å²) in [5, 5.41) is 11.8. The number of ether oxygens (including phenoxy) is 2. The van der Waals surface area contributed by atoms with Crippen molar-refractivity contribution in [3.63, 3.8) is 0 Å². The summed E-state index contributed by atoms with van der Waals surface area (Å²) in [7, 11) is 1.56. The number of benzene rings is 3. The van der Waals surface area contributed by atoms with Crippen molar-refractivity contribution in [1.29, 1.82) is 0 Å². The summed E-state index contributed by atoms with van der Waals surface area (Å²) in [5.41, 5.74) is 0.999. The van der Waals surface area contributed by atoms with Gasteiger partial charge in [0.2, 0.25) is 0 Å². The lowest BCUT2D eigenvalue weighted by Gasteiger charge is -2.22. The van der Waals surface area contributed by atoms with Gasteiger partial charge in [-0.05, 0) is 28.5 Å². The second-order valence-corrected chi connectivity index (χ2v) is 6.59. The van der Waals surface area contributed by atoms with Crippen LogP contribution in [0.25, 0.3) is 10.8 Å². The molecule has 6 heteroatoms. The van der Waals surface area contributed by atoms with Crippen LogP contribution in [0, 0.1) is 0 Å². The third-order valence-corrected chi connectivity index (χ3v) is 4.54. The molecule has 0 spiro atoms. The molecule has 0 aromatic heterocycles. The second-order valence-electron chi connectivity index (χ2n) is 6.59. The van der Waals surface area contributed by atoms with Crippen LogP contribution >= 0.6 is 0 Å². The van der Waals surface area contributed by atoms with E-state index in [1.54, 1.807) is 18.1 Å². The number of carbonyl (C=O) groups excluding carboxylic acids is 2. The quantitative estimate of drug-likeness (QED) is 0.594. The maximum Gasteiger partial charge on any atom is 0.342 e. The topological polar surface area (TPSA) is 76.1 Å². The average Bonchev–Trinajstić information content (AvgIpc) is 2.75. The molecular formula is C23H23NO5. The number of phenols is 1. The van der Waals surface area contributed by atoms with Crippen LogP contribution < -0.4 is 0 Å². The zero-order chi connectivity index (χ0) is 20.6. The van der Waals surface area contributed by atoms with E-state index in [4.69, 9.17) is 9.47 Å². The maximum atomic E-state index is 12.6. The molecule has 6 nitrogen and oxygen atoms in total. The first kappa shape index (κ1) is 20.4. The molecule has 0 atom stereocenters. The first-order valence-electron chi connectivity index (χ1n) is 9.28. The smallest absolute Gasteiger partial charge is 0.342 e. The van der Waals surface area contributed by atoms with Crippen molar-refractivity contribution in [3.8, 4) is 5.75 Å². The standard InChI is InChI=1S/C23H23NO5/c1-28-12-11-24(15-17-7-3-2-4-8-17)22(26)16-29-23(27)20-13-18-9-5-6-10-19(18)14-21(20)25/h2-10,13-14,25H,11-12,15-16H2,1H3. The Morgan fingerprint density at radius 1 is 0.966 bits per heavy atom. The van der Waals surface area contributed by atoms with Crippen molar-refractivity contribution < 1.29 is 24.2 Å². The molecule has 0 aliphatic carbocycles. The monoisotopic (exact) mass is 393 g/mol. The Bertz CT molecular complexity index is 987. The molecule has 0 bridgehead atoms. The summed E-state index contributed by atoms with van der Waals surface area (Å²) in [6, 6.07) is 20.0. The molecule has 0 saturated heterocycles. The van der Waals surface area contributed by atoms with Crippen LogP contribution in [0.2, 0.25) is 0 Å². The van der Waals surface area contributed by atoms with Gasteiger partial charge in [0.25, 0.3) is 5.91 Å². The van der Waals surface area contributed by atoms with Crippen LogP contribution in [0.15, 0.2) is 66.7 Å². The maximum absolute atomic E-state index is 12.6. The Kier molecular flexibility index (Phi) is 6.81. The Balaban J connectivity index is 1.67. The number of aromatic hydroxyl groups is 1. The zero-order valence-electron chi connectivity index (χ0n) is 16.2. The molecule has 3 rings (SSSR count). The lowest BCUT2D eigenvalue weighted by molar-refractivity contribution is -0.135. The first-order valence-corrected chi connectivity index (χ1v) is 9.28. The van der Waals surface area contributed by atoms with Gasteiger partial charge in [-0.25, -0.2) is 4.79 Å². The molecule has 0 aliphatic heterocycles. The van der Waals surface area contributed by atoms with Crippen molar-refractivity contribution in [3.05, 3.63) is 77.9 Å². The van der Waals surface area contributed by atoms with Crippen LogP contribution in [-0.4, -0.2) is 48.8 Å². The van der Waals surface area contributed by atoms with Gasteiger partial charge in [-0.15, -0.1) is 0 Å². The SMILES string of the molecule is COCCN(Cc1ccccc1)C(=O)COC(=O)c1cc2ccccc2cc1O. The lowest BCUT2D eigenvalue weighted by Crippen LogP contribution is -2.36. The number of rotatable bonds is 8. The van der Waals surface area contributed by atoms with E-state index in [2.05, 4.69) is 0 Å². The summed E-state index contributed by atoms with van der Waals surface area (Å²) in [4.78, 5) is 26.6. The fraction of sp³-hybridized carbons (Fsp3) is 0.217. The molecule has 0 unspecified atom stereocenters. The number of esters is 1. The number of methoxy groups -OCH3 is 1. The van der Waals surface area contributed by atoms with E-state index in [1.807, 2.05) is 54.6 Å². The molecule has 29 heavy (non-hydrogen) atoms. The van der Waals surface area contributed by atoms with Crippen LogP contribution in [0.4, 0.5) is 0 Å². The summed E-state index contributed by atoms with van der Waals surface area (Å²) in [6.45, 7) is 0.727. The van der Waals surface area contributed by atoms with E-state index in [-0.39, 0.29) is 17.2 Å². The van der Waals surface area contributed by atoms with Crippen LogP contribution in [-0.2, 0) is 20.8 Å². The fourth-order valence-electron chi connectivity index (χ4n) is 2.99. The zero-order valence-corrected chi connectivity index (χ0v) is 16.2. The molecule has 3 aromatic carbocycles. The van der Waals surface area contributed by atoms with Gasteiger partial charge in [0.05, 0.1) is 6.61 Å². The predicted molar refractivity (Wildman–Crippen MR) is 110 cm³/mol. The first-order chi connectivity index (χ1) is 14.1. The molecule has 0 aliphatic rings. The van der Waals surface area contributed by atoms with E-state index in [0.717, 1.165) is 16.3 Å². The highest BCUT2D eigenvalue weighted by atomic mass is 16.5. The largest absolute Gasteiger partial charge is 0.507 e.